The average Bonchev–Trinajstić information content (AvgIpc) is 2.76. The SMILES string of the molecule is CC(=NNC(=S)N=P(N1CCOCC1)(N1CCOCC1)C(C)(C)C)c1ccccn1. The lowest BCUT2D eigenvalue weighted by Crippen LogP contribution is -2.48. The third-order valence-electron chi connectivity index (χ3n) is 5.25. The van der Waals surface area contributed by atoms with Crippen molar-refractivity contribution in [3.05, 3.63) is 30.1 Å². The Kier molecular flexibility index (Phi) is 8.12. The van der Waals surface area contributed by atoms with Crippen molar-refractivity contribution in [1.82, 2.24) is 19.8 Å². The molecule has 0 aromatic carbocycles. The van der Waals surface area contributed by atoms with Crippen molar-refractivity contribution in [3.63, 3.8) is 0 Å². The van der Waals surface area contributed by atoms with E-state index in [1.807, 2.05) is 25.1 Å². The molecule has 1 N–H and O–H groups in total. The first kappa shape index (κ1) is 23.4. The number of aromatic nitrogens is 1. The van der Waals surface area contributed by atoms with E-state index in [4.69, 9.17) is 26.4 Å². The summed E-state index contributed by atoms with van der Waals surface area (Å²) >= 11 is 5.68. The molecule has 1 aromatic rings. The van der Waals surface area contributed by atoms with Crippen molar-refractivity contribution < 1.29 is 9.47 Å². The molecule has 166 valence electrons. The number of morpholine rings is 2. The molecule has 2 aliphatic rings. The molecular weight excluding hydrogens is 419 g/mol. The van der Waals surface area contributed by atoms with E-state index in [0.717, 1.165) is 64.0 Å². The lowest BCUT2D eigenvalue weighted by atomic mass is 10.3. The number of nitrogens with one attached hydrogen (secondary N) is 1. The second-order valence-electron chi connectivity index (χ2n) is 8.30. The van der Waals surface area contributed by atoms with E-state index >= 15 is 0 Å². The lowest BCUT2D eigenvalue weighted by molar-refractivity contribution is 0.0551. The van der Waals surface area contributed by atoms with Gasteiger partial charge in [-0.1, -0.05) is 26.8 Å². The topological polar surface area (TPSA) is 74.6 Å². The number of ether oxygens (including phenoxy) is 2. The smallest absolute Gasteiger partial charge is 0.214 e. The van der Waals surface area contributed by atoms with Gasteiger partial charge in [0.05, 0.1) is 37.8 Å². The Balaban J connectivity index is 1.95. The highest BCUT2D eigenvalue weighted by atomic mass is 32.1. The molecular formula is C20H33N6O2PS. The predicted molar refractivity (Wildman–Crippen MR) is 126 cm³/mol. The summed E-state index contributed by atoms with van der Waals surface area (Å²) < 4.78 is 21.5. The van der Waals surface area contributed by atoms with Crippen molar-refractivity contribution in [2.75, 3.05) is 52.6 Å². The molecule has 10 heteroatoms. The van der Waals surface area contributed by atoms with Crippen molar-refractivity contribution in [3.8, 4) is 0 Å². The van der Waals surface area contributed by atoms with Crippen LogP contribution in [0.2, 0.25) is 0 Å². The van der Waals surface area contributed by atoms with Gasteiger partial charge in [0, 0.05) is 37.5 Å². The molecule has 3 rings (SSSR count). The van der Waals surface area contributed by atoms with E-state index in [2.05, 4.69) is 45.6 Å². The Labute approximate surface area is 185 Å². The van der Waals surface area contributed by atoms with E-state index in [1.165, 1.54) is 0 Å². The highest BCUT2D eigenvalue weighted by molar-refractivity contribution is 7.81. The number of hydrogen-bond donors (Lipinski definition) is 1. The summed E-state index contributed by atoms with van der Waals surface area (Å²) in [7, 11) is -2.18. The standard InChI is InChI=1S/C20H33N6O2PS/c1-17(18-7-5-6-8-21-18)22-23-19(30)24-29(20(2,3)4,25-9-13-27-14-10-25)26-11-15-28-16-12-26/h5-8H,9-16H2,1-4H3,(H,23,30). The van der Waals surface area contributed by atoms with Crippen molar-refractivity contribution in [2.45, 2.75) is 32.9 Å². The highest BCUT2D eigenvalue weighted by Crippen LogP contribution is 2.66. The monoisotopic (exact) mass is 452 g/mol. The maximum absolute atomic E-state index is 5.68. The molecule has 0 unspecified atom stereocenters. The second kappa shape index (κ2) is 10.4. The average molecular weight is 453 g/mol. The normalized spacial score (nSPS) is 20.1. The Morgan fingerprint density at radius 2 is 1.63 bits per heavy atom. The second-order valence-corrected chi connectivity index (χ2v) is 12.5. The van der Waals surface area contributed by atoms with E-state index < -0.39 is 7.36 Å². The summed E-state index contributed by atoms with van der Waals surface area (Å²) in [6, 6.07) is 5.75. The van der Waals surface area contributed by atoms with E-state index in [-0.39, 0.29) is 5.16 Å². The van der Waals surface area contributed by atoms with Gasteiger partial charge < -0.3 is 9.47 Å². The maximum atomic E-state index is 5.68. The highest BCUT2D eigenvalue weighted by Gasteiger charge is 2.45. The van der Waals surface area contributed by atoms with Gasteiger partial charge in [0.1, 0.15) is 7.36 Å². The maximum Gasteiger partial charge on any atom is 0.214 e. The van der Waals surface area contributed by atoms with Gasteiger partial charge in [-0.3, -0.25) is 19.8 Å². The van der Waals surface area contributed by atoms with E-state index in [0.29, 0.717) is 5.11 Å². The zero-order valence-electron chi connectivity index (χ0n) is 18.4. The third kappa shape index (κ3) is 5.33. The molecule has 0 bridgehead atoms. The van der Waals surface area contributed by atoms with Crippen LogP contribution in [0.3, 0.4) is 0 Å². The largest absolute Gasteiger partial charge is 0.379 e. The van der Waals surface area contributed by atoms with Crippen LogP contribution in [0.1, 0.15) is 33.4 Å². The van der Waals surface area contributed by atoms with Crippen LogP contribution < -0.4 is 5.43 Å². The van der Waals surface area contributed by atoms with E-state index in [9.17, 15) is 0 Å². The molecule has 2 aliphatic heterocycles. The molecule has 2 fully saturated rings. The van der Waals surface area contributed by atoms with Crippen LogP contribution in [0.25, 0.3) is 0 Å². The molecule has 0 aliphatic carbocycles. The zero-order valence-corrected chi connectivity index (χ0v) is 20.1. The number of hydrogen-bond acceptors (Lipinski definition) is 5. The number of hydrazone groups is 1. The molecule has 2 saturated heterocycles. The molecule has 0 radical (unpaired) electrons. The minimum absolute atomic E-state index is 0.0901. The van der Waals surface area contributed by atoms with Crippen LogP contribution in [0.15, 0.2) is 34.2 Å². The number of rotatable bonds is 4. The third-order valence-corrected chi connectivity index (χ3v) is 10.2. The Hall–Kier alpha value is -1.22. The minimum atomic E-state index is -2.18. The molecule has 3 heterocycles. The molecule has 0 atom stereocenters. The van der Waals surface area contributed by atoms with Gasteiger partial charge in [-0.15, -0.1) is 0 Å². The van der Waals surface area contributed by atoms with Crippen LogP contribution >= 0.6 is 19.6 Å². The summed E-state index contributed by atoms with van der Waals surface area (Å²) in [5.41, 5.74) is 4.59. The number of nitrogens with zero attached hydrogens (tertiary/aromatic N) is 5. The lowest BCUT2D eigenvalue weighted by Gasteiger charge is -2.52. The summed E-state index contributed by atoms with van der Waals surface area (Å²) in [4.78, 5) is 4.34. The van der Waals surface area contributed by atoms with Gasteiger partial charge in [-0.2, -0.15) is 5.10 Å². The molecule has 0 saturated carbocycles. The summed E-state index contributed by atoms with van der Waals surface area (Å²) in [6.07, 6.45) is 1.75. The Morgan fingerprint density at radius 1 is 1.07 bits per heavy atom. The Bertz CT molecular complexity index is 777. The first-order valence-corrected chi connectivity index (χ1v) is 12.4. The summed E-state index contributed by atoms with van der Waals surface area (Å²) in [5.74, 6) is 0. The summed E-state index contributed by atoms with van der Waals surface area (Å²) in [6.45, 7) is 15.0. The number of thiocarbonyl (C=S) groups is 1. The molecule has 0 spiro atoms. The van der Waals surface area contributed by atoms with Crippen molar-refractivity contribution in [2.24, 2.45) is 9.85 Å². The van der Waals surface area contributed by atoms with Crippen LogP contribution in [-0.2, 0) is 9.47 Å². The Morgan fingerprint density at radius 3 is 2.10 bits per heavy atom. The van der Waals surface area contributed by atoms with Crippen molar-refractivity contribution >= 4 is 30.4 Å². The molecule has 30 heavy (non-hydrogen) atoms. The first-order valence-electron chi connectivity index (χ1n) is 10.4. The van der Waals surface area contributed by atoms with Crippen molar-refractivity contribution in [1.29, 1.82) is 0 Å². The molecule has 8 nitrogen and oxygen atoms in total. The molecule has 0 amide bonds. The molecule has 1 aromatic heterocycles. The van der Waals surface area contributed by atoms with Gasteiger partial charge in [-0.25, -0.2) is 4.74 Å². The van der Waals surface area contributed by atoms with E-state index in [1.54, 1.807) is 6.20 Å². The fraction of sp³-hybridized carbons (Fsp3) is 0.650. The minimum Gasteiger partial charge on any atom is -0.379 e. The van der Waals surface area contributed by atoms with Gasteiger partial charge >= 0.3 is 0 Å². The van der Waals surface area contributed by atoms with Crippen LogP contribution in [-0.4, -0.2) is 82.9 Å². The van der Waals surface area contributed by atoms with Gasteiger partial charge in [0.2, 0.25) is 5.11 Å². The van der Waals surface area contributed by atoms with Gasteiger partial charge in [0.25, 0.3) is 0 Å². The van der Waals surface area contributed by atoms with Crippen LogP contribution in [0.4, 0.5) is 0 Å². The predicted octanol–water partition coefficient (Wildman–Crippen LogP) is 3.17. The van der Waals surface area contributed by atoms with Gasteiger partial charge in [-0.05, 0) is 31.3 Å². The van der Waals surface area contributed by atoms with Crippen LogP contribution in [0, 0.1) is 0 Å². The van der Waals surface area contributed by atoms with Crippen LogP contribution in [0.5, 0.6) is 0 Å². The summed E-state index contributed by atoms with van der Waals surface area (Å²) in [5, 5.41) is 4.77. The zero-order chi connectivity index (χ0) is 21.6. The van der Waals surface area contributed by atoms with Gasteiger partial charge in [0.15, 0.2) is 0 Å². The first-order chi connectivity index (χ1) is 14.3. The fourth-order valence-electron chi connectivity index (χ4n) is 3.88. The number of pyridine rings is 1. The fourth-order valence-corrected chi connectivity index (χ4v) is 8.62. The quantitative estimate of drug-likeness (QED) is 0.326.